The van der Waals surface area contributed by atoms with Crippen LogP contribution in [0.1, 0.15) is 29.7 Å². The van der Waals surface area contributed by atoms with Crippen LogP contribution in [0, 0.1) is 5.82 Å². The molecule has 0 radical (unpaired) electrons. The Labute approximate surface area is 163 Å². The first-order valence-electron chi connectivity index (χ1n) is 9.01. The van der Waals surface area contributed by atoms with Crippen LogP contribution in [0.5, 0.6) is 5.75 Å². The van der Waals surface area contributed by atoms with Crippen molar-refractivity contribution in [2.45, 2.75) is 26.0 Å². The third-order valence-electron chi connectivity index (χ3n) is 4.46. The lowest BCUT2D eigenvalue weighted by molar-refractivity contribution is -0.136. The van der Waals surface area contributed by atoms with E-state index in [2.05, 4.69) is 0 Å². The Morgan fingerprint density at radius 2 is 1.89 bits per heavy atom. The lowest BCUT2D eigenvalue weighted by Crippen LogP contribution is -2.05. The average Bonchev–Trinajstić information content (AvgIpc) is 2.68. The van der Waals surface area contributed by atoms with Crippen LogP contribution in [0.3, 0.4) is 0 Å². The molecule has 0 saturated heterocycles. The highest BCUT2D eigenvalue weighted by Gasteiger charge is 2.11. The number of carbonyl (C=O) groups is 1. The van der Waals surface area contributed by atoms with Crippen LogP contribution in [-0.4, -0.2) is 11.1 Å². The standard InChI is InChI=1S/C23H22FNO3/c1-15(25)17-6-4-7-18(12-17)20-11-16(9-10-21(20)24)14-28-22-8-3-2-5-19(22)13-23(26)27/h2-12,15H,13-14,25H2,1H3,(H,26,27). The Balaban J connectivity index is 1.83. The molecule has 3 aromatic carbocycles. The van der Waals surface area contributed by atoms with Crippen molar-refractivity contribution in [2.24, 2.45) is 5.73 Å². The van der Waals surface area contributed by atoms with E-state index in [1.807, 2.05) is 31.2 Å². The Hall–Kier alpha value is -3.18. The molecular weight excluding hydrogens is 357 g/mol. The van der Waals surface area contributed by atoms with Crippen LogP contribution in [0.4, 0.5) is 4.39 Å². The predicted molar refractivity (Wildman–Crippen MR) is 107 cm³/mol. The molecule has 0 heterocycles. The minimum atomic E-state index is -0.922. The molecule has 0 aliphatic heterocycles. The maximum atomic E-state index is 14.4. The number of hydrogen-bond acceptors (Lipinski definition) is 3. The lowest BCUT2D eigenvalue weighted by atomic mass is 9.98. The van der Waals surface area contributed by atoms with Crippen LogP contribution >= 0.6 is 0 Å². The van der Waals surface area contributed by atoms with Crippen LogP contribution in [0.25, 0.3) is 11.1 Å². The van der Waals surface area contributed by atoms with E-state index in [9.17, 15) is 9.18 Å². The fourth-order valence-corrected chi connectivity index (χ4v) is 2.99. The third-order valence-corrected chi connectivity index (χ3v) is 4.46. The Bertz CT molecular complexity index is 985. The van der Waals surface area contributed by atoms with Gasteiger partial charge in [-0.3, -0.25) is 4.79 Å². The van der Waals surface area contributed by atoms with Gasteiger partial charge in [0.1, 0.15) is 18.2 Å². The van der Waals surface area contributed by atoms with E-state index in [1.165, 1.54) is 6.07 Å². The van der Waals surface area contributed by atoms with E-state index in [0.29, 0.717) is 16.9 Å². The van der Waals surface area contributed by atoms with Gasteiger partial charge in [-0.15, -0.1) is 0 Å². The number of rotatable bonds is 7. The molecule has 5 heteroatoms. The molecule has 28 heavy (non-hydrogen) atoms. The molecule has 1 atom stereocenters. The van der Waals surface area contributed by atoms with E-state index in [0.717, 1.165) is 16.7 Å². The predicted octanol–water partition coefficient (Wildman–Crippen LogP) is 4.72. The largest absolute Gasteiger partial charge is 0.489 e. The summed E-state index contributed by atoms with van der Waals surface area (Å²) in [7, 11) is 0. The number of hydrogen-bond donors (Lipinski definition) is 2. The topological polar surface area (TPSA) is 72.5 Å². The number of carboxylic acid groups (broad SMARTS) is 1. The summed E-state index contributed by atoms with van der Waals surface area (Å²) < 4.78 is 20.2. The Kier molecular flexibility index (Phi) is 6.06. The Morgan fingerprint density at radius 1 is 1.11 bits per heavy atom. The highest BCUT2D eigenvalue weighted by Crippen LogP contribution is 2.27. The summed E-state index contributed by atoms with van der Waals surface area (Å²) in [6.45, 7) is 2.09. The smallest absolute Gasteiger partial charge is 0.307 e. The monoisotopic (exact) mass is 379 g/mol. The maximum Gasteiger partial charge on any atom is 0.307 e. The highest BCUT2D eigenvalue weighted by atomic mass is 19.1. The van der Waals surface area contributed by atoms with Crippen molar-refractivity contribution in [3.05, 3.63) is 89.2 Å². The third kappa shape index (κ3) is 4.75. The van der Waals surface area contributed by atoms with Crippen LogP contribution in [0.2, 0.25) is 0 Å². The van der Waals surface area contributed by atoms with E-state index in [4.69, 9.17) is 15.6 Å². The normalized spacial score (nSPS) is 11.8. The minimum Gasteiger partial charge on any atom is -0.489 e. The molecule has 1 unspecified atom stereocenters. The molecule has 3 rings (SSSR count). The molecule has 3 aromatic rings. The van der Waals surface area contributed by atoms with Gasteiger partial charge in [0.2, 0.25) is 0 Å². The SMILES string of the molecule is CC(N)c1cccc(-c2cc(COc3ccccc3CC(=O)O)ccc2F)c1. The van der Waals surface area contributed by atoms with Crippen molar-refractivity contribution < 1.29 is 19.0 Å². The lowest BCUT2D eigenvalue weighted by Gasteiger charge is -2.13. The molecule has 0 saturated carbocycles. The quantitative estimate of drug-likeness (QED) is 0.623. The summed E-state index contributed by atoms with van der Waals surface area (Å²) in [5.41, 5.74) is 9.47. The van der Waals surface area contributed by atoms with Crippen LogP contribution < -0.4 is 10.5 Å². The zero-order chi connectivity index (χ0) is 20.1. The summed E-state index contributed by atoms with van der Waals surface area (Å²) in [5.74, 6) is -0.735. The number of halogens is 1. The number of para-hydroxylation sites is 1. The number of benzene rings is 3. The van der Waals surface area contributed by atoms with E-state index in [1.54, 1.807) is 36.4 Å². The van der Waals surface area contributed by atoms with Gasteiger partial charge in [-0.05, 0) is 47.9 Å². The van der Waals surface area contributed by atoms with Gasteiger partial charge >= 0.3 is 5.97 Å². The van der Waals surface area contributed by atoms with Gasteiger partial charge in [0.05, 0.1) is 6.42 Å². The first-order chi connectivity index (χ1) is 13.4. The van der Waals surface area contributed by atoms with Crippen molar-refractivity contribution in [1.29, 1.82) is 0 Å². The first kappa shape index (κ1) is 19.6. The van der Waals surface area contributed by atoms with Crippen molar-refractivity contribution >= 4 is 5.97 Å². The van der Waals surface area contributed by atoms with Gasteiger partial charge in [0.15, 0.2) is 0 Å². The van der Waals surface area contributed by atoms with Crippen molar-refractivity contribution in [3.63, 3.8) is 0 Å². The summed E-state index contributed by atoms with van der Waals surface area (Å²) in [5, 5.41) is 9.02. The molecule has 0 aliphatic rings. The van der Waals surface area contributed by atoms with Gasteiger partial charge in [0, 0.05) is 17.2 Å². The second-order valence-corrected chi connectivity index (χ2v) is 6.70. The molecule has 0 fully saturated rings. The zero-order valence-corrected chi connectivity index (χ0v) is 15.6. The number of nitrogens with two attached hydrogens (primary N) is 1. The summed E-state index contributed by atoms with van der Waals surface area (Å²) in [6, 6.07) is 19.2. The molecule has 0 amide bonds. The fraction of sp³-hybridized carbons (Fsp3) is 0.174. The molecule has 3 N–H and O–H groups in total. The summed E-state index contributed by atoms with van der Waals surface area (Å²) >= 11 is 0. The average molecular weight is 379 g/mol. The fourth-order valence-electron chi connectivity index (χ4n) is 2.99. The molecule has 144 valence electrons. The van der Waals surface area contributed by atoms with Gasteiger partial charge in [0.25, 0.3) is 0 Å². The van der Waals surface area contributed by atoms with E-state index in [-0.39, 0.29) is 24.9 Å². The maximum absolute atomic E-state index is 14.4. The Morgan fingerprint density at radius 3 is 2.64 bits per heavy atom. The molecule has 0 aromatic heterocycles. The van der Waals surface area contributed by atoms with Crippen molar-refractivity contribution in [1.82, 2.24) is 0 Å². The first-order valence-corrected chi connectivity index (χ1v) is 9.01. The van der Waals surface area contributed by atoms with Gasteiger partial charge in [-0.2, -0.15) is 0 Å². The second-order valence-electron chi connectivity index (χ2n) is 6.70. The van der Waals surface area contributed by atoms with Gasteiger partial charge in [-0.25, -0.2) is 4.39 Å². The molecule has 0 bridgehead atoms. The van der Waals surface area contributed by atoms with Gasteiger partial charge < -0.3 is 15.6 Å². The molecular formula is C23H22FNO3. The number of ether oxygens (including phenoxy) is 1. The van der Waals surface area contributed by atoms with E-state index < -0.39 is 5.97 Å². The second kappa shape index (κ2) is 8.67. The minimum absolute atomic E-state index is 0.116. The van der Waals surface area contributed by atoms with Crippen LogP contribution in [0.15, 0.2) is 66.7 Å². The van der Waals surface area contributed by atoms with Crippen molar-refractivity contribution in [3.8, 4) is 16.9 Å². The summed E-state index contributed by atoms with van der Waals surface area (Å²) in [4.78, 5) is 11.0. The van der Waals surface area contributed by atoms with E-state index >= 15 is 0 Å². The number of aliphatic carboxylic acids is 1. The number of carboxylic acids is 1. The molecule has 0 spiro atoms. The summed E-state index contributed by atoms with van der Waals surface area (Å²) in [6.07, 6.45) is -0.116. The zero-order valence-electron chi connectivity index (χ0n) is 15.6. The molecule has 4 nitrogen and oxygen atoms in total. The van der Waals surface area contributed by atoms with Crippen LogP contribution in [-0.2, 0) is 17.8 Å². The van der Waals surface area contributed by atoms with Gasteiger partial charge in [-0.1, -0.05) is 42.5 Å². The highest BCUT2D eigenvalue weighted by molar-refractivity contribution is 5.71. The van der Waals surface area contributed by atoms with Crippen molar-refractivity contribution in [2.75, 3.05) is 0 Å². The molecule has 0 aliphatic carbocycles.